The Morgan fingerprint density at radius 2 is 2.05 bits per heavy atom. The molecule has 1 aromatic carbocycles. The second-order valence-corrected chi connectivity index (χ2v) is 6.20. The van der Waals surface area contributed by atoms with E-state index in [1.807, 2.05) is 37.4 Å². The first-order valence-electron chi connectivity index (χ1n) is 6.67. The zero-order chi connectivity index (χ0) is 14.5. The van der Waals surface area contributed by atoms with Gasteiger partial charge in [-0.2, -0.15) is 0 Å². The predicted octanol–water partition coefficient (Wildman–Crippen LogP) is 4.28. The SMILES string of the molecule is Cc1cc(CNC(C)C)cnc1Oc1ccccc1I. The first-order valence-corrected chi connectivity index (χ1v) is 7.75. The normalized spacial score (nSPS) is 10.8. The molecule has 0 saturated carbocycles. The summed E-state index contributed by atoms with van der Waals surface area (Å²) in [5.74, 6) is 1.51. The summed E-state index contributed by atoms with van der Waals surface area (Å²) in [4.78, 5) is 4.43. The fourth-order valence-corrected chi connectivity index (χ4v) is 2.28. The van der Waals surface area contributed by atoms with Gasteiger partial charge >= 0.3 is 0 Å². The van der Waals surface area contributed by atoms with Crippen molar-refractivity contribution in [3.05, 3.63) is 51.2 Å². The van der Waals surface area contributed by atoms with E-state index in [1.54, 1.807) is 0 Å². The topological polar surface area (TPSA) is 34.2 Å². The van der Waals surface area contributed by atoms with Crippen molar-refractivity contribution in [1.29, 1.82) is 0 Å². The predicted molar refractivity (Wildman–Crippen MR) is 90.2 cm³/mol. The number of rotatable bonds is 5. The first kappa shape index (κ1) is 15.3. The molecule has 0 atom stereocenters. The molecule has 0 radical (unpaired) electrons. The molecule has 4 heteroatoms. The Kier molecular flexibility index (Phi) is 5.37. The minimum absolute atomic E-state index is 0.470. The fraction of sp³-hybridized carbons (Fsp3) is 0.312. The van der Waals surface area contributed by atoms with Crippen molar-refractivity contribution in [3.8, 4) is 11.6 Å². The largest absolute Gasteiger partial charge is 0.438 e. The lowest BCUT2D eigenvalue weighted by Gasteiger charge is -2.12. The molecule has 0 aliphatic rings. The van der Waals surface area contributed by atoms with Gasteiger partial charge in [0.05, 0.1) is 3.57 Å². The highest BCUT2D eigenvalue weighted by molar-refractivity contribution is 14.1. The first-order chi connectivity index (χ1) is 9.56. The number of nitrogens with one attached hydrogen (secondary N) is 1. The lowest BCUT2D eigenvalue weighted by molar-refractivity contribution is 0.455. The van der Waals surface area contributed by atoms with Gasteiger partial charge in [-0.25, -0.2) is 4.98 Å². The van der Waals surface area contributed by atoms with E-state index in [0.29, 0.717) is 11.9 Å². The van der Waals surface area contributed by atoms with Gasteiger partial charge < -0.3 is 10.1 Å². The lowest BCUT2D eigenvalue weighted by atomic mass is 10.2. The zero-order valence-corrected chi connectivity index (χ0v) is 14.1. The summed E-state index contributed by atoms with van der Waals surface area (Å²) in [6, 6.07) is 10.5. The smallest absolute Gasteiger partial charge is 0.222 e. The number of nitrogens with zero attached hydrogens (tertiary/aromatic N) is 1. The van der Waals surface area contributed by atoms with Crippen molar-refractivity contribution in [2.75, 3.05) is 0 Å². The highest BCUT2D eigenvalue weighted by Gasteiger charge is 2.07. The Hall–Kier alpha value is -1.14. The maximum atomic E-state index is 5.88. The van der Waals surface area contributed by atoms with Crippen LogP contribution in [0.25, 0.3) is 0 Å². The van der Waals surface area contributed by atoms with Gasteiger partial charge in [-0.15, -0.1) is 0 Å². The molecule has 1 aromatic heterocycles. The molecule has 2 rings (SSSR count). The van der Waals surface area contributed by atoms with Crippen LogP contribution in [0.3, 0.4) is 0 Å². The Balaban J connectivity index is 2.12. The van der Waals surface area contributed by atoms with Crippen LogP contribution in [-0.2, 0) is 6.54 Å². The number of pyridine rings is 1. The molecule has 0 fully saturated rings. The summed E-state index contributed by atoms with van der Waals surface area (Å²) >= 11 is 2.26. The van der Waals surface area contributed by atoms with E-state index in [4.69, 9.17) is 4.74 Å². The summed E-state index contributed by atoms with van der Waals surface area (Å²) < 4.78 is 6.96. The molecule has 2 aromatic rings. The van der Waals surface area contributed by atoms with Gasteiger partial charge in [-0.3, -0.25) is 0 Å². The van der Waals surface area contributed by atoms with Crippen LogP contribution in [0, 0.1) is 10.5 Å². The van der Waals surface area contributed by atoms with Crippen LogP contribution < -0.4 is 10.1 Å². The van der Waals surface area contributed by atoms with Crippen molar-refractivity contribution in [3.63, 3.8) is 0 Å². The van der Waals surface area contributed by atoms with E-state index in [2.05, 4.69) is 52.8 Å². The summed E-state index contributed by atoms with van der Waals surface area (Å²) in [5, 5.41) is 3.39. The van der Waals surface area contributed by atoms with E-state index in [-0.39, 0.29) is 0 Å². The Labute approximate surface area is 133 Å². The second-order valence-electron chi connectivity index (χ2n) is 5.03. The number of benzene rings is 1. The van der Waals surface area contributed by atoms with Crippen molar-refractivity contribution in [2.24, 2.45) is 0 Å². The molecule has 1 heterocycles. The Morgan fingerprint density at radius 3 is 2.70 bits per heavy atom. The number of ether oxygens (including phenoxy) is 1. The molecule has 0 aliphatic heterocycles. The average molecular weight is 382 g/mol. The summed E-state index contributed by atoms with van der Waals surface area (Å²) in [7, 11) is 0. The summed E-state index contributed by atoms with van der Waals surface area (Å²) in [5.41, 5.74) is 2.22. The molecule has 3 nitrogen and oxygen atoms in total. The molecule has 1 N–H and O–H groups in total. The minimum atomic E-state index is 0.470. The lowest BCUT2D eigenvalue weighted by Crippen LogP contribution is -2.21. The van der Waals surface area contributed by atoms with Gasteiger partial charge in [-0.05, 0) is 53.3 Å². The van der Waals surface area contributed by atoms with Crippen molar-refractivity contribution in [1.82, 2.24) is 10.3 Å². The molecule has 0 saturated heterocycles. The minimum Gasteiger partial charge on any atom is -0.438 e. The molecule has 0 amide bonds. The number of halogens is 1. The van der Waals surface area contributed by atoms with Gasteiger partial charge in [0.2, 0.25) is 5.88 Å². The number of aryl methyl sites for hydroxylation is 1. The molecule has 0 unspecified atom stereocenters. The van der Waals surface area contributed by atoms with Crippen molar-refractivity contribution >= 4 is 22.6 Å². The average Bonchev–Trinajstić information content (AvgIpc) is 2.41. The standard InChI is InChI=1S/C16H19IN2O/c1-11(2)18-9-13-8-12(3)16(19-10-13)20-15-7-5-4-6-14(15)17/h4-8,10-11,18H,9H2,1-3H3. The molecule has 0 bridgehead atoms. The summed E-state index contributed by atoms with van der Waals surface area (Å²) in [6.45, 7) is 7.12. The molecular weight excluding hydrogens is 363 g/mol. The van der Waals surface area contributed by atoms with Gasteiger partial charge in [0.1, 0.15) is 5.75 Å². The maximum Gasteiger partial charge on any atom is 0.222 e. The van der Waals surface area contributed by atoms with E-state index < -0.39 is 0 Å². The van der Waals surface area contributed by atoms with E-state index >= 15 is 0 Å². The number of aromatic nitrogens is 1. The van der Waals surface area contributed by atoms with Crippen LogP contribution in [0.1, 0.15) is 25.0 Å². The highest BCUT2D eigenvalue weighted by atomic mass is 127. The maximum absolute atomic E-state index is 5.88. The molecule has 0 aliphatic carbocycles. The van der Waals surface area contributed by atoms with E-state index in [0.717, 1.165) is 21.4 Å². The van der Waals surface area contributed by atoms with Crippen LogP contribution in [0.4, 0.5) is 0 Å². The third-order valence-corrected chi connectivity index (χ3v) is 3.74. The second kappa shape index (κ2) is 7.04. The van der Waals surface area contributed by atoms with Gasteiger partial charge in [0.15, 0.2) is 0 Å². The quantitative estimate of drug-likeness (QED) is 0.784. The fourth-order valence-electron chi connectivity index (χ4n) is 1.78. The van der Waals surface area contributed by atoms with Crippen molar-refractivity contribution in [2.45, 2.75) is 33.4 Å². The third kappa shape index (κ3) is 4.18. The summed E-state index contributed by atoms with van der Waals surface area (Å²) in [6.07, 6.45) is 1.87. The molecule has 0 spiro atoms. The van der Waals surface area contributed by atoms with E-state index in [1.165, 1.54) is 5.56 Å². The molecule has 20 heavy (non-hydrogen) atoms. The number of hydrogen-bond donors (Lipinski definition) is 1. The highest BCUT2D eigenvalue weighted by Crippen LogP contribution is 2.27. The van der Waals surface area contributed by atoms with E-state index in [9.17, 15) is 0 Å². The van der Waals surface area contributed by atoms with Crippen LogP contribution in [0.2, 0.25) is 0 Å². The van der Waals surface area contributed by atoms with Crippen LogP contribution >= 0.6 is 22.6 Å². The Bertz CT molecular complexity index is 584. The number of hydrogen-bond acceptors (Lipinski definition) is 3. The molecular formula is C16H19IN2O. The monoisotopic (exact) mass is 382 g/mol. The van der Waals surface area contributed by atoms with Gasteiger partial charge in [-0.1, -0.05) is 26.0 Å². The van der Waals surface area contributed by atoms with Crippen LogP contribution in [-0.4, -0.2) is 11.0 Å². The Morgan fingerprint density at radius 1 is 1.30 bits per heavy atom. The van der Waals surface area contributed by atoms with Crippen LogP contribution in [0.5, 0.6) is 11.6 Å². The third-order valence-electron chi connectivity index (χ3n) is 2.84. The zero-order valence-electron chi connectivity index (χ0n) is 12.0. The van der Waals surface area contributed by atoms with Crippen molar-refractivity contribution < 1.29 is 4.74 Å². The van der Waals surface area contributed by atoms with Gasteiger partial charge in [0.25, 0.3) is 0 Å². The van der Waals surface area contributed by atoms with Crippen LogP contribution in [0.15, 0.2) is 36.5 Å². The molecule has 106 valence electrons. The van der Waals surface area contributed by atoms with Gasteiger partial charge in [0, 0.05) is 24.3 Å². The number of para-hydroxylation sites is 1.